The number of halogens is 2. The van der Waals surface area contributed by atoms with Crippen molar-refractivity contribution in [3.8, 4) is 5.75 Å². The van der Waals surface area contributed by atoms with E-state index in [0.717, 1.165) is 18.1 Å². The highest BCUT2D eigenvalue weighted by atomic mass is 35.5. The fourth-order valence-corrected chi connectivity index (χ4v) is 4.50. The molecule has 3 aromatic carbocycles. The van der Waals surface area contributed by atoms with Crippen LogP contribution < -0.4 is 9.64 Å². The maximum atomic E-state index is 13.9. The highest BCUT2D eigenvalue weighted by Crippen LogP contribution is 2.43. The maximum absolute atomic E-state index is 13.9. The number of ketones is 1. The van der Waals surface area contributed by atoms with Gasteiger partial charge >= 0.3 is 0 Å². The van der Waals surface area contributed by atoms with Crippen LogP contribution in [0.1, 0.15) is 56.8 Å². The Morgan fingerprint density at radius 2 is 1.76 bits per heavy atom. The predicted molar refractivity (Wildman–Crippen MR) is 144 cm³/mol. The zero-order valence-electron chi connectivity index (χ0n) is 21.2. The van der Waals surface area contributed by atoms with Crippen molar-refractivity contribution in [1.29, 1.82) is 0 Å². The van der Waals surface area contributed by atoms with Crippen LogP contribution in [0, 0.1) is 5.82 Å². The van der Waals surface area contributed by atoms with Gasteiger partial charge in [0.05, 0.1) is 23.2 Å². The zero-order valence-corrected chi connectivity index (χ0v) is 22.0. The summed E-state index contributed by atoms with van der Waals surface area (Å²) in [7, 11) is 0. The van der Waals surface area contributed by atoms with Crippen molar-refractivity contribution in [2.24, 2.45) is 0 Å². The number of aliphatic hydroxyl groups is 1. The number of nitrogens with zero attached hydrogens (tertiary/aromatic N) is 1. The predicted octanol–water partition coefficient (Wildman–Crippen LogP) is 7.19. The van der Waals surface area contributed by atoms with Crippen LogP contribution in [0.25, 0.3) is 5.76 Å². The monoisotopic (exact) mass is 521 g/mol. The first-order chi connectivity index (χ1) is 17.5. The van der Waals surface area contributed by atoms with E-state index < -0.39 is 23.5 Å². The SMILES string of the molecule is CCCOc1cccc(/C(O)=C2\C(=O)C(=O)N(c3ccc(F)c(Cl)c3)C2c2ccc(C(C)(C)C)cc2)c1. The minimum atomic E-state index is -0.948. The Bertz CT molecular complexity index is 1380. The topological polar surface area (TPSA) is 66.8 Å². The molecule has 0 aliphatic carbocycles. The van der Waals surface area contributed by atoms with Crippen molar-refractivity contribution in [3.63, 3.8) is 0 Å². The summed E-state index contributed by atoms with van der Waals surface area (Å²) in [5.74, 6) is -2.11. The van der Waals surface area contributed by atoms with E-state index >= 15 is 0 Å². The van der Waals surface area contributed by atoms with Gasteiger partial charge in [-0.15, -0.1) is 0 Å². The summed E-state index contributed by atoms with van der Waals surface area (Å²) in [4.78, 5) is 28.0. The van der Waals surface area contributed by atoms with Crippen molar-refractivity contribution in [2.45, 2.75) is 45.6 Å². The summed E-state index contributed by atoms with van der Waals surface area (Å²) >= 11 is 6.02. The van der Waals surface area contributed by atoms with Gasteiger partial charge in [0.2, 0.25) is 0 Å². The van der Waals surface area contributed by atoms with Gasteiger partial charge in [0.15, 0.2) is 0 Å². The van der Waals surface area contributed by atoms with Gasteiger partial charge in [-0.1, -0.05) is 75.7 Å². The summed E-state index contributed by atoms with van der Waals surface area (Å²) in [6.07, 6.45) is 0.812. The second-order valence-corrected chi connectivity index (χ2v) is 10.4. The molecule has 0 spiro atoms. The molecule has 1 atom stereocenters. The number of aliphatic hydroxyl groups excluding tert-OH is 1. The van der Waals surface area contributed by atoms with Crippen molar-refractivity contribution in [3.05, 3.63) is 99.8 Å². The summed E-state index contributed by atoms with van der Waals surface area (Å²) in [5.41, 5.74) is 2.11. The van der Waals surface area contributed by atoms with Crippen molar-refractivity contribution in [2.75, 3.05) is 11.5 Å². The second kappa shape index (κ2) is 10.4. The van der Waals surface area contributed by atoms with Crippen LogP contribution in [0.2, 0.25) is 5.02 Å². The number of benzene rings is 3. The standard InChI is InChI=1S/C30H29ClFNO4/c1-5-15-37-22-8-6-7-19(16-22)27(34)25-26(18-9-11-20(12-10-18)30(2,3)4)33(29(36)28(25)35)21-13-14-24(32)23(31)17-21/h6-14,16-17,26,34H,5,15H2,1-4H3/b27-25+. The third-order valence-electron chi connectivity index (χ3n) is 6.30. The van der Waals surface area contributed by atoms with E-state index in [1.165, 1.54) is 17.0 Å². The molecule has 0 saturated carbocycles. The molecule has 7 heteroatoms. The average Bonchev–Trinajstić information content (AvgIpc) is 3.14. The number of hydrogen-bond donors (Lipinski definition) is 1. The number of amides is 1. The van der Waals surface area contributed by atoms with Crippen molar-refractivity contribution in [1.82, 2.24) is 0 Å². The molecule has 1 saturated heterocycles. The lowest BCUT2D eigenvalue weighted by molar-refractivity contribution is -0.132. The van der Waals surface area contributed by atoms with E-state index in [2.05, 4.69) is 20.8 Å². The Morgan fingerprint density at radius 1 is 1.05 bits per heavy atom. The fraction of sp³-hybridized carbons (Fsp3) is 0.267. The lowest BCUT2D eigenvalue weighted by Crippen LogP contribution is -2.29. The van der Waals surface area contributed by atoms with Gasteiger partial charge in [-0.2, -0.15) is 0 Å². The van der Waals surface area contributed by atoms with Crippen LogP contribution in [-0.4, -0.2) is 23.4 Å². The van der Waals surface area contributed by atoms with Gasteiger partial charge in [0.1, 0.15) is 17.3 Å². The van der Waals surface area contributed by atoms with E-state index in [0.29, 0.717) is 23.5 Å². The number of carbonyl (C=O) groups excluding carboxylic acids is 2. The minimum Gasteiger partial charge on any atom is -0.507 e. The smallest absolute Gasteiger partial charge is 0.300 e. The van der Waals surface area contributed by atoms with E-state index in [4.69, 9.17) is 16.3 Å². The van der Waals surface area contributed by atoms with Gasteiger partial charge in [-0.3, -0.25) is 14.5 Å². The van der Waals surface area contributed by atoms with Crippen LogP contribution in [0.5, 0.6) is 5.75 Å². The molecule has 1 N–H and O–H groups in total. The molecule has 1 fully saturated rings. The minimum absolute atomic E-state index is 0.0680. The Balaban J connectivity index is 1.90. The average molecular weight is 522 g/mol. The summed E-state index contributed by atoms with van der Waals surface area (Å²) in [5, 5.41) is 11.2. The zero-order chi connectivity index (χ0) is 26.9. The molecule has 1 amide bonds. The van der Waals surface area contributed by atoms with E-state index in [1.54, 1.807) is 24.3 Å². The fourth-order valence-electron chi connectivity index (χ4n) is 4.32. The van der Waals surface area contributed by atoms with Crippen LogP contribution in [-0.2, 0) is 15.0 Å². The molecule has 5 nitrogen and oxygen atoms in total. The maximum Gasteiger partial charge on any atom is 0.300 e. The Hall–Kier alpha value is -3.64. The molecule has 0 bridgehead atoms. The first-order valence-corrected chi connectivity index (χ1v) is 12.5. The Kier molecular flexibility index (Phi) is 7.42. The van der Waals surface area contributed by atoms with E-state index in [9.17, 15) is 19.1 Å². The van der Waals surface area contributed by atoms with Crippen molar-refractivity contribution >= 4 is 34.7 Å². The van der Waals surface area contributed by atoms with Gasteiger partial charge in [0, 0.05) is 11.3 Å². The van der Waals surface area contributed by atoms with Crippen LogP contribution in [0.15, 0.2) is 72.3 Å². The lowest BCUT2D eigenvalue weighted by atomic mass is 9.85. The first-order valence-electron chi connectivity index (χ1n) is 12.1. The number of Topliss-reactive ketones (excluding diaryl/α,β-unsaturated/α-hetero) is 1. The Labute approximate surface area is 221 Å². The number of ether oxygens (including phenoxy) is 1. The Morgan fingerprint density at radius 3 is 2.38 bits per heavy atom. The summed E-state index contributed by atoms with van der Waals surface area (Å²) in [6.45, 7) is 8.74. The van der Waals surface area contributed by atoms with Gasteiger partial charge in [-0.25, -0.2) is 4.39 Å². The number of rotatable bonds is 6. The second-order valence-electron chi connectivity index (χ2n) is 10.0. The normalized spacial score (nSPS) is 17.4. The molecule has 4 rings (SSSR count). The molecule has 1 heterocycles. The van der Waals surface area contributed by atoms with Gasteiger partial charge in [-0.05, 0) is 53.3 Å². The summed E-state index contributed by atoms with van der Waals surface area (Å²) < 4.78 is 19.6. The van der Waals surface area contributed by atoms with Gasteiger partial charge < -0.3 is 9.84 Å². The van der Waals surface area contributed by atoms with Crippen LogP contribution in [0.4, 0.5) is 10.1 Å². The van der Waals surface area contributed by atoms with E-state index in [1.807, 2.05) is 31.2 Å². The third-order valence-corrected chi connectivity index (χ3v) is 6.59. The highest BCUT2D eigenvalue weighted by Gasteiger charge is 2.47. The molecule has 0 aromatic heterocycles. The molecular weight excluding hydrogens is 493 g/mol. The molecule has 1 unspecified atom stereocenters. The molecular formula is C30H29ClFNO4. The summed E-state index contributed by atoms with van der Waals surface area (Å²) in [6, 6.07) is 17.2. The van der Waals surface area contributed by atoms with Crippen molar-refractivity contribution < 1.29 is 23.8 Å². The number of anilines is 1. The quantitative estimate of drug-likeness (QED) is 0.212. The first kappa shape index (κ1) is 26.4. The molecule has 192 valence electrons. The number of carbonyl (C=O) groups is 2. The molecule has 1 aliphatic rings. The number of hydrogen-bond acceptors (Lipinski definition) is 4. The molecule has 3 aromatic rings. The third kappa shape index (κ3) is 5.25. The van der Waals surface area contributed by atoms with E-state index in [-0.39, 0.29) is 27.5 Å². The largest absolute Gasteiger partial charge is 0.507 e. The molecule has 1 aliphatic heterocycles. The van der Waals surface area contributed by atoms with Crippen LogP contribution in [0.3, 0.4) is 0 Å². The highest BCUT2D eigenvalue weighted by molar-refractivity contribution is 6.51. The van der Waals surface area contributed by atoms with Gasteiger partial charge in [0.25, 0.3) is 11.7 Å². The lowest BCUT2D eigenvalue weighted by Gasteiger charge is -2.27. The molecule has 0 radical (unpaired) electrons. The molecule has 37 heavy (non-hydrogen) atoms. The van der Waals surface area contributed by atoms with Crippen LogP contribution >= 0.6 is 11.6 Å².